The smallest absolute Gasteiger partial charge is 0.184 e. The molecule has 0 fully saturated rings. The highest BCUT2D eigenvalue weighted by Crippen LogP contribution is 2.20. The molecule has 0 amide bonds. The molecule has 0 aromatic rings. The molecule has 0 spiro atoms. The zero-order chi connectivity index (χ0) is 19.6. The van der Waals surface area contributed by atoms with Crippen molar-refractivity contribution >= 4 is 5.90 Å². The van der Waals surface area contributed by atoms with Gasteiger partial charge in [-0.1, -0.05) is 76.9 Å². The molecule has 0 aromatic heterocycles. The number of rotatable bonds is 18. The van der Waals surface area contributed by atoms with Crippen molar-refractivity contribution < 1.29 is 14.9 Å². The number of aliphatic hydroxyl groups is 2. The van der Waals surface area contributed by atoms with Crippen molar-refractivity contribution in [3.63, 3.8) is 0 Å². The predicted molar refractivity (Wildman–Crippen MR) is 114 cm³/mol. The van der Waals surface area contributed by atoms with E-state index in [9.17, 15) is 10.2 Å². The molecule has 0 bridgehead atoms. The van der Waals surface area contributed by atoms with Gasteiger partial charge < -0.3 is 14.9 Å². The molecule has 27 heavy (non-hydrogen) atoms. The average molecular weight is 382 g/mol. The van der Waals surface area contributed by atoms with Crippen LogP contribution in [0.2, 0.25) is 0 Å². The van der Waals surface area contributed by atoms with Crippen LogP contribution in [-0.2, 0) is 4.74 Å². The number of hydrogen-bond donors (Lipinski definition) is 2. The number of allylic oxidation sites excluding steroid dienone is 2. The zero-order valence-corrected chi connectivity index (χ0v) is 17.6. The van der Waals surface area contributed by atoms with E-state index in [1.54, 1.807) is 0 Å². The van der Waals surface area contributed by atoms with Crippen LogP contribution in [0.1, 0.15) is 103 Å². The summed E-state index contributed by atoms with van der Waals surface area (Å²) < 4.78 is 5.49. The van der Waals surface area contributed by atoms with E-state index in [-0.39, 0.29) is 13.2 Å². The zero-order valence-electron chi connectivity index (χ0n) is 17.6. The minimum atomic E-state index is -0.796. The van der Waals surface area contributed by atoms with Crippen LogP contribution >= 0.6 is 0 Å². The second-order valence-corrected chi connectivity index (χ2v) is 8.02. The van der Waals surface area contributed by atoms with Crippen molar-refractivity contribution in [1.82, 2.24) is 0 Å². The molecule has 0 saturated heterocycles. The fraction of sp³-hybridized carbons (Fsp3) is 0.870. The van der Waals surface area contributed by atoms with Gasteiger partial charge in [-0.05, 0) is 32.1 Å². The van der Waals surface area contributed by atoms with Gasteiger partial charge in [0, 0.05) is 6.42 Å². The molecular formula is C23H43NO3. The van der Waals surface area contributed by atoms with Crippen molar-refractivity contribution in [2.45, 2.75) is 109 Å². The Labute approximate surface area is 167 Å². The lowest BCUT2D eigenvalue weighted by atomic mass is 10.1. The van der Waals surface area contributed by atoms with Gasteiger partial charge in [-0.25, -0.2) is 4.99 Å². The van der Waals surface area contributed by atoms with Crippen LogP contribution in [0, 0.1) is 0 Å². The molecule has 2 N–H and O–H groups in total. The first-order valence-electron chi connectivity index (χ1n) is 11.3. The van der Waals surface area contributed by atoms with E-state index in [0.717, 1.165) is 12.8 Å². The first-order chi connectivity index (χ1) is 13.3. The SMILES string of the molecule is CCCCCCCCCC/C=C\CCCCCCC1=NC(CO)(CO)CO1. The van der Waals surface area contributed by atoms with E-state index in [0.29, 0.717) is 12.5 Å². The van der Waals surface area contributed by atoms with Crippen molar-refractivity contribution in [2.24, 2.45) is 4.99 Å². The van der Waals surface area contributed by atoms with Gasteiger partial charge in [0.2, 0.25) is 0 Å². The predicted octanol–water partition coefficient (Wildman–Crippen LogP) is 5.57. The second kappa shape index (κ2) is 16.1. The average Bonchev–Trinajstić information content (AvgIpc) is 3.12. The number of ether oxygens (including phenoxy) is 1. The molecule has 4 nitrogen and oxygen atoms in total. The third-order valence-corrected chi connectivity index (χ3v) is 5.36. The summed E-state index contributed by atoms with van der Waals surface area (Å²) in [4.78, 5) is 4.35. The van der Waals surface area contributed by atoms with Gasteiger partial charge in [-0.2, -0.15) is 0 Å². The largest absolute Gasteiger partial charge is 0.478 e. The minimum absolute atomic E-state index is 0.154. The van der Waals surface area contributed by atoms with E-state index in [2.05, 4.69) is 24.1 Å². The summed E-state index contributed by atoms with van der Waals surface area (Å²) in [5.41, 5.74) is -0.796. The molecule has 0 atom stereocenters. The first kappa shape index (κ1) is 24.2. The lowest BCUT2D eigenvalue weighted by Crippen LogP contribution is -2.37. The van der Waals surface area contributed by atoms with Crippen molar-refractivity contribution in [3.8, 4) is 0 Å². The molecule has 0 unspecified atom stereocenters. The van der Waals surface area contributed by atoms with Gasteiger partial charge in [0.25, 0.3) is 0 Å². The van der Waals surface area contributed by atoms with E-state index in [1.807, 2.05) is 0 Å². The summed E-state index contributed by atoms with van der Waals surface area (Å²) in [5, 5.41) is 18.6. The normalized spacial score (nSPS) is 16.0. The molecule has 0 aliphatic carbocycles. The monoisotopic (exact) mass is 381 g/mol. The molecule has 0 saturated carbocycles. The van der Waals surface area contributed by atoms with E-state index >= 15 is 0 Å². The quantitative estimate of drug-likeness (QED) is 0.241. The van der Waals surface area contributed by atoms with Gasteiger partial charge >= 0.3 is 0 Å². The molecule has 1 heterocycles. The topological polar surface area (TPSA) is 62.1 Å². The Kier molecular flexibility index (Phi) is 14.4. The van der Waals surface area contributed by atoms with Crippen LogP contribution in [0.3, 0.4) is 0 Å². The summed E-state index contributed by atoms with van der Waals surface area (Å²) in [7, 11) is 0. The Balaban J connectivity index is 1.86. The Morgan fingerprint density at radius 3 is 1.85 bits per heavy atom. The Hall–Kier alpha value is -0.870. The lowest BCUT2D eigenvalue weighted by Gasteiger charge is -2.16. The number of nitrogens with zero attached hydrogens (tertiary/aromatic N) is 1. The van der Waals surface area contributed by atoms with Gasteiger partial charge in [0.15, 0.2) is 5.90 Å². The molecule has 0 aromatic carbocycles. The van der Waals surface area contributed by atoms with Crippen LogP contribution in [0.15, 0.2) is 17.1 Å². The number of unbranched alkanes of at least 4 members (excludes halogenated alkanes) is 12. The Morgan fingerprint density at radius 2 is 1.33 bits per heavy atom. The molecule has 1 rings (SSSR count). The summed E-state index contributed by atoms with van der Waals surface area (Å²) in [6.07, 6.45) is 23.8. The molecule has 0 radical (unpaired) electrons. The van der Waals surface area contributed by atoms with Crippen molar-refractivity contribution in [2.75, 3.05) is 19.8 Å². The maximum absolute atomic E-state index is 9.29. The van der Waals surface area contributed by atoms with Crippen LogP contribution in [0.25, 0.3) is 0 Å². The summed E-state index contributed by atoms with van der Waals surface area (Å²) in [6.45, 7) is 2.27. The van der Waals surface area contributed by atoms with Crippen LogP contribution < -0.4 is 0 Å². The van der Waals surface area contributed by atoms with E-state index in [1.165, 1.54) is 83.5 Å². The molecule has 158 valence electrons. The van der Waals surface area contributed by atoms with E-state index < -0.39 is 5.54 Å². The highest BCUT2D eigenvalue weighted by atomic mass is 16.5. The second-order valence-electron chi connectivity index (χ2n) is 8.02. The van der Waals surface area contributed by atoms with Gasteiger partial charge in [0.1, 0.15) is 12.1 Å². The third-order valence-electron chi connectivity index (χ3n) is 5.36. The lowest BCUT2D eigenvalue weighted by molar-refractivity contribution is 0.0972. The first-order valence-corrected chi connectivity index (χ1v) is 11.3. The molecule has 1 aliphatic heterocycles. The summed E-state index contributed by atoms with van der Waals surface area (Å²) in [6, 6.07) is 0. The standard InChI is InChI=1S/C23H43NO3/c1-2-3-4-5-6-7-8-9-10-11-12-13-14-15-16-17-18-22-24-23(19-25,20-26)21-27-22/h11-12,25-26H,2-10,13-21H2,1H3/b12-11-. The maximum atomic E-state index is 9.29. The fourth-order valence-electron chi connectivity index (χ4n) is 3.41. The Morgan fingerprint density at radius 1 is 0.815 bits per heavy atom. The van der Waals surface area contributed by atoms with Crippen LogP contribution in [-0.4, -0.2) is 41.5 Å². The molecule has 4 heteroatoms. The van der Waals surface area contributed by atoms with Crippen molar-refractivity contribution in [3.05, 3.63) is 12.2 Å². The molecular weight excluding hydrogens is 338 g/mol. The maximum Gasteiger partial charge on any atom is 0.184 e. The van der Waals surface area contributed by atoms with Gasteiger partial charge in [0.05, 0.1) is 13.2 Å². The third kappa shape index (κ3) is 11.5. The highest BCUT2D eigenvalue weighted by molar-refractivity contribution is 5.78. The number of aliphatic hydroxyl groups excluding tert-OH is 2. The van der Waals surface area contributed by atoms with E-state index in [4.69, 9.17) is 4.74 Å². The fourth-order valence-corrected chi connectivity index (χ4v) is 3.41. The van der Waals surface area contributed by atoms with Gasteiger partial charge in [-0.3, -0.25) is 0 Å². The van der Waals surface area contributed by atoms with Crippen LogP contribution in [0.5, 0.6) is 0 Å². The molecule has 1 aliphatic rings. The van der Waals surface area contributed by atoms with Crippen molar-refractivity contribution in [1.29, 1.82) is 0 Å². The summed E-state index contributed by atoms with van der Waals surface area (Å²) >= 11 is 0. The number of hydrogen-bond acceptors (Lipinski definition) is 4. The Bertz CT molecular complexity index is 402. The highest BCUT2D eigenvalue weighted by Gasteiger charge is 2.35. The number of aliphatic imine (C=N–C) groups is 1. The summed E-state index contributed by atoms with van der Waals surface area (Å²) in [5.74, 6) is 0.698. The minimum Gasteiger partial charge on any atom is -0.478 e. The van der Waals surface area contributed by atoms with Crippen LogP contribution in [0.4, 0.5) is 0 Å². The van der Waals surface area contributed by atoms with Gasteiger partial charge in [-0.15, -0.1) is 0 Å².